The van der Waals surface area contributed by atoms with Crippen molar-refractivity contribution in [2.24, 2.45) is 0 Å². The van der Waals surface area contributed by atoms with Crippen molar-refractivity contribution in [2.45, 2.75) is 32.2 Å². The number of hydrogen-bond donors (Lipinski definition) is 1. The van der Waals surface area contributed by atoms with Gasteiger partial charge >= 0.3 is 0 Å². The van der Waals surface area contributed by atoms with Crippen LogP contribution in [0.1, 0.15) is 34.4 Å². The largest absolute Gasteiger partial charge is 0.315 e. The number of nitrogens with one attached hydrogen (secondary N) is 1. The maximum Gasteiger partial charge on any atom is 0.239 e. The Morgan fingerprint density at radius 3 is 2.66 bits per heavy atom. The molecule has 0 unspecified atom stereocenters. The number of halogens is 1. The second kappa shape index (κ2) is 9.04. The van der Waals surface area contributed by atoms with Crippen molar-refractivity contribution < 1.29 is 9.18 Å². The van der Waals surface area contributed by atoms with E-state index in [0.717, 1.165) is 74.5 Å². The number of anilines is 1. The summed E-state index contributed by atoms with van der Waals surface area (Å²) in [5.41, 5.74) is 2.91. The molecule has 7 heteroatoms. The molecule has 1 amide bonds. The van der Waals surface area contributed by atoms with Crippen LogP contribution >= 0.6 is 11.3 Å². The highest BCUT2D eigenvalue weighted by Gasteiger charge is 2.24. The lowest BCUT2D eigenvalue weighted by Gasteiger charge is -2.21. The first-order valence-corrected chi connectivity index (χ1v) is 11.0. The summed E-state index contributed by atoms with van der Waals surface area (Å²) in [6.45, 7) is 4.68. The van der Waals surface area contributed by atoms with Crippen LogP contribution in [0, 0.1) is 17.1 Å². The zero-order chi connectivity index (χ0) is 20.2. The van der Waals surface area contributed by atoms with Gasteiger partial charge in [0, 0.05) is 24.5 Å². The lowest BCUT2D eigenvalue weighted by molar-refractivity contribution is -0.117. The molecule has 152 valence electrons. The SMILES string of the molecule is N#Cc1c(NC(=O)CN2CCCN(Cc3ccc(F)cc3)CC2)sc2c1CCC2. The Kier molecular flexibility index (Phi) is 6.24. The highest BCUT2D eigenvalue weighted by atomic mass is 32.1. The summed E-state index contributed by atoms with van der Waals surface area (Å²) in [6, 6.07) is 8.94. The smallest absolute Gasteiger partial charge is 0.239 e. The van der Waals surface area contributed by atoms with Crippen LogP contribution in [0.3, 0.4) is 0 Å². The predicted octanol–water partition coefficient (Wildman–Crippen LogP) is 3.39. The highest BCUT2D eigenvalue weighted by Crippen LogP contribution is 2.38. The quantitative estimate of drug-likeness (QED) is 0.818. The molecular formula is C22H25FN4OS. The molecule has 1 aromatic carbocycles. The number of amides is 1. The van der Waals surface area contributed by atoms with Crippen LogP contribution in [0.4, 0.5) is 9.39 Å². The van der Waals surface area contributed by atoms with Crippen LogP contribution in [-0.4, -0.2) is 48.4 Å². The maximum absolute atomic E-state index is 13.1. The molecule has 0 spiro atoms. The van der Waals surface area contributed by atoms with Gasteiger partial charge in [-0.05, 0) is 62.0 Å². The molecule has 1 saturated heterocycles. The average molecular weight is 413 g/mol. The minimum Gasteiger partial charge on any atom is -0.315 e. The number of rotatable bonds is 5. The van der Waals surface area contributed by atoms with Crippen LogP contribution in [-0.2, 0) is 24.2 Å². The van der Waals surface area contributed by atoms with E-state index in [4.69, 9.17) is 0 Å². The number of hydrogen-bond acceptors (Lipinski definition) is 5. The number of nitriles is 1. The van der Waals surface area contributed by atoms with Crippen molar-refractivity contribution in [3.63, 3.8) is 0 Å². The van der Waals surface area contributed by atoms with Crippen molar-refractivity contribution in [3.8, 4) is 6.07 Å². The second-order valence-electron chi connectivity index (χ2n) is 7.75. The van der Waals surface area contributed by atoms with E-state index in [2.05, 4.69) is 21.2 Å². The van der Waals surface area contributed by atoms with Crippen LogP contribution in [0.5, 0.6) is 0 Å². The van der Waals surface area contributed by atoms with Crippen molar-refractivity contribution in [1.82, 2.24) is 9.80 Å². The number of benzene rings is 1. The van der Waals surface area contributed by atoms with E-state index in [-0.39, 0.29) is 11.7 Å². The molecule has 5 nitrogen and oxygen atoms in total. The minimum absolute atomic E-state index is 0.0478. The fourth-order valence-corrected chi connectivity index (χ4v) is 5.42. The van der Waals surface area contributed by atoms with Crippen LogP contribution in [0.15, 0.2) is 24.3 Å². The van der Waals surface area contributed by atoms with Gasteiger partial charge in [0.25, 0.3) is 0 Å². The summed E-state index contributed by atoms with van der Waals surface area (Å²) < 4.78 is 13.1. The molecule has 1 aliphatic carbocycles. The highest BCUT2D eigenvalue weighted by molar-refractivity contribution is 7.16. The normalized spacial score (nSPS) is 17.5. The zero-order valence-electron chi connectivity index (χ0n) is 16.4. The van der Waals surface area contributed by atoms with Gasteiger partial charge in [-0.15, -0.1) is 11.3 Å². The van der Waals surface area contributed by atoms with E-state index in [1.54, 1.807) is 11.3 Å². The fraction of sp³-hybridized carbons (Fsp3) is 0.455. The summed E-state index contributed by atoms with van der Waals surface area (Å²) in [4.78, 5) is 18.4. The molecule has 1 aliphatic heterocycles. The van der Waals surface area contributed by atoms with E-state index in [0.29, 0.717) is 12.1 Å². The Balaban J connectivity index is 1.29. The molecule has 1 N–H and O–H groups in total. The third kappa shape index (κ3) is 4.84. The standard InChI is InChI=1S/C22H25FN4OS/c23-17-7-5-16(6-8-17)14-26-9-2-10-27(12-11-26)15-21(28)25-22-19(13-24)18-3-1-4-20(18)29-22/h5-8H,1-4,9-12,14-15H2,(H,25,28). The van der Waals surface area contributed by atoms with Crippen LogP contribution in [0.2, 0.25) is 0 Å². The summed E-state index contributed by atoms with van der Waals surface area (Å²) in [5.74, 6) is -0.259. The summed E-state index contributed by atoms with van der Waals surface area (Å²) in [6.07, 6.45) is 4.05. The topological polar surface area (TPSA) is 59.4 Å². The van der Waals surface area contributed by atoms with Gasteiger partial charge in [-0.2, -0.15) is 5.26 Å². The number of carbonyl (C=O) groups excluding carboxylic acids is 1. The third-order valence-corrected chi connectivity index (χ3v) is 6.86. The number of carbonyl (C=O) groups is 1. The van der Waals surface area contributed by atoms with Crippen LogP contribution < -0.4 is 5.32 Å². The molecule has 2 heterocycles. The molecule has 4 rings (SSSR count). The molecule has 0 atom stereocenters. The number of fused-ring (bicyclic) bond motifs is 1. The van der Waals surface area contributed by atoms with Gasteiger partial charge < -0.3 is 5.32 Å². The molecule has 0 bridgehead atoms. The Hall–Kier alpha value is -2.27. The van der Waals surface area contributed by atoms with Gasteiger partial charge in [0.1, 0.15) is 16.9 Å². The first-order chi connectivity index (χ1) is 14.1. The molecule has 2 aliphatic rings. The summed E-state index contributed by atoms with van der Waals surface area (Å²) in [5, 5.41) is 13.2. The van der Waals surface area contributed by atoms with E-state index in [1.165, 1.54) is 17.0 Å². The lowest BCUT2D eigenvalue weighted by Crippen LogP contribution is -2.36. The molecular weight excluding hydrogens is 387 g/mol. The van der Waals surface area contributed by atoms with Crippen molar-refractivity contribution in [3.05, 3.63) is 51.7 Å². The second-order valence-corrected chi connectivity index (χ2v) is 8.86. The lowest BCUT2D eigenvalue weighted by atomic mass is 10.1. The Morgan fingerprint density at radius 2 is 1.86 bits per heavy atom. The van der Waals surface area contributed by atoms with E-state index in [9.17, 15) is 14.4 Å². The molecule has 2 aromatic rings. The Labute approximate surface area is 174 Å². The van der Waals surface area contributed by atoms with Crippen LogP contribution in [0.25, 0.3) is 0 Å². The van der Waals surface area contributed by atoms with Gasteiger partial charge in [0.15, 0.2) is 0 Å². The van der Waals surface area contributed by atoms with Crippen molar-refractivity contribution in [1.29, 1.82) is 5.26 Å². The number of nitrogens with zero attached hydrogens (tertiary/aromatic N) is 3. The monoisotopic (exact) mass is 412 g/mol. The van der Waals surface area contributed by atoms with E-state index < -0.39 is 0 Å². The van der Waals surface area contributed by atoms with Gasteiger partial charge in [-0.1, -0.05) is 12.1 Å². The fourth-order valence-electron chi connectivity index (χ4n) is 4.17. The average Bonchev–Trinajstić information content (AvgIpc) is 3.20. The van der Waals surface area contributed by atoms with Gasteiger partial charge in [0.2, 0.25) is 5.91 Å². The Morgan fingerprint density at radius 1 is 1.10 bits per heavy atom. The first kappa shape index (κ1) is 20.0. The summed E-state index contributed by atoms with van der Waals surface area (Å²) >= 11 is 1.56. The maximum atomic E-state index is 13.1. The number of aryl methyl sites for hydroxylation is 1. The van der Waals surface area contributed by atoms with Gasteiger partial charge in [-0.3, -0.25) is 14.6 Å². The molecule has 1 fully saturated rings. The third-order valence-electron chi connectivity index (χ3n) is 5.65. The van der Waals surface area contributed by atoms with Gasteiger partial charge in [0.05, 0.1) is 12.1 Å². The van der Waals surface area contributed by atoms with E-state index in [1.807, 2.05) is 12.1 Å². The minimum atomic E-state index is -0.211. The Bertz CT molecular complexity index is 918. The first-order valence-electron chi connectivity index (χ1n) is 10.2. The zero-order valence-corrected chi connectivity index (χ0v) is 17.2. The summed E-state index contributed by atoms with van der Waals surface area (Å²) in [7, 11) is 0. The number of thiophene rings is 1. The molecule has 1 aromatic heterocycles. The van der Waals surface area contributed by atoms with Crippen molar-refractivity contribution in [2.75, 3.05) is 38.0 Å². The molecule has 0 saturated carbocycles. The molecule has 29 heavy (non-hydrogen) atoms. The van der Waals surface area contributed by atoms with E-state index >= 15 is 0 Å². The predicted molar refractivity (Wildman–Crippen MR) is 112 cm³/mol. The van der Waals surface area contributed by atoms with Crippen molar-refractivity contribution >= 4 is 22.2 Å². The molecule has 0 radical (unpaired) electrons. The van der Waals surface area contributed by atoms with Gasteiger partial charge in [-0.25, -0.2) is 4.39 Å².